The summed E-state index contributed by atoms with van der Waals surface area (Å²) in [6.07, 6.45) is 5.22. The molecule has 2 atom stereocenters. The average Bonchev–Trinajstić information content (AvgIpc) is 2.39. The fourth-order valence-corrected chi connectivity index (χ4v) is 4.01. The fraction of sp³-hybridized carbons (Fsp3) is 1.00. The zero-order chi connectivity index (χ0) is 13.2. The van der Waals surface area contributed by atoms with Gasteiger partial charge in [-0.15, -0.1) is 0 Å². The van der Waals surface area contributed by atoms with E-state index in [4.69, 9.17) is 5.73 Å². The maximum atomic E-state index is 6.19. The largest absolute Gasteiger partial charge is 0.329 e. The molecule has 0 aromatic heterocycles. The molecule has 18 heavy (non-hydrogen) atoms. The van der Waals surface area contributed by atoms with Gasteiger partial charge >= 0.3 is 0 Å². The van der Waals surface area contributed by atoms with Crippen LogP contribution in [0.3, 0.4) is 0 Å². The Kier molecular flexibility index (Phi) is 4.68. The maximum absolute atomic E-state index is 6.19. The highest BCUT2D eigenvalue weighted by Gasteiger charge is 2.42. The normalized spacial score (nSPS) is 34.7. The first-order valence-electron chi connectivity index (χ1n) is 7.80. The summed E-state index contributed by atoms with van der Waals surface area (Å²) in [6, 6.07) is 0.713. The molecule has 3 heteroatoms. The lowest BCUT2D eigenvalue weighted by molar-refractivity contribution is -0.0239. The molecule has 2 unspecified atom stereocenters. The van der Waals surface area contributed by atoms with E-state index in [1.54, 1.807) is 0 Å². The van der Waals surface area contributed by atoms with E-state index in [0.717, 1.165) is 12.5 Å². The van der Waals surface area contributed by atoms with Gasteiger partial charge in [0.15, 0.2) is 0 Å². The standard InChI is InChI=1S/C15H31N3/c1-4-17-9-6-15(12-16,7-10-17)18-8-5-13(2)11-14(18)3/h13-14H,4-12,16H2,1-3H3. The Bertz CT molecular complexity index is 258. The Hall–Kier alpha value is -0.120. The van der Waals surface area contributed by atoms with Crippen molar-refractivity contribution in [1.82, 2.24) is 9.80 Å². The fourth-order valence-electron chi connectivity index (χ4n) is 4.01. The second kappa shape index (κ2) is 5.89. The molecule has 2 aliphatic rings. The summed E-state index contributed by atoms with van der Waals surface area (Å²) in [5.41, 5.74) is 6.49. The van der Waals surface area contributed by atoms with Gasteiger partial charge in [0.2, 0.25) is 0 Å². The van der Waals surface area contributed by atoms with Gasteiger partial charge < -0.3 is 10.6 Å². The first-order valence-corrected chi connectivity index (χ1v) is 7.80. The van der Waals surface area contributed by atoms with Crippen LogP contribution in [0.5, 0.6) is 0 Å². The monoisotopic (exact) mass is 253 g/mol. The molecule has 0 saturated carbocycles. The Balaban J connectivity index is 2.04. The van der Waals surface area contributed by atoms with Crippen molar-refractivity contribution in [3.63, 3.8) is 0 Å². The van der Waals surface area contributed by atoms with Crippen molar-refractivity contribution < 1.29 is 0 Å². The predicted octanol–water partition coefficient (Wildman–Crippen LogP) is 1.92. The average molecular weight is 253 g/mol. The highest BCUT2D eigenvalue weighted by Crippen LogP contribution is 2.35. The third-order valence-electron chi connectivity index (χ3n) is 5.36. The van der Waals surface area contributed by atoms with Crippen LogP contribution in [0.25, 0.3) is 0 Å². The van der Waals surface area contributed by atoms with Crippen LogP contribution < -0.4 is 5.73 Å². The minimum absolute atomic E-state index is 0.297. The van der Waals surface area contributed by atoms with Crippen LogP contribution in [0.1, 0.15) is 46.5 Å². The smallest absolute Gasteiger partial charge is 0.0358 e. The number of hydrogen-bond acceptors (Lipinski definition) is 3. The number of nitrogens with two attached hydrogens (primary N) is 1. The first-order chi connectivity index (χ1) is 8.61. The summed E-state index contributed by atoms with van der Waals surface area (Å²) in [6.45, 7) is 12.8. The molecule has 106 valence electrons. The molecular formula is C15H31N3. The van der Waals surface area contributed by atoms with Gasteiger partial charge in [0.1, 0.15) is 0 Å². The quantitative estimate of drug-likeness (QED) is 0.834. The molecule has 2 N–H and O–H groups in total. The third kappa shape index (κ3) is 2.73. The van der Waals surface area contributed by atoms with Crippen molar-refractivity contribution in [2.75, 3.05) is 32.7 Å². The van der Waals surface area contributed by atoms with Gasteiger partial charge in [0.05, 0.1) is 0 Å². The Labute approximate surface area is 113 Å². The molecule has 2 aliphatic heterocycles. The maximum Gasteiger partial charge on any atom is 0.0358 e. The van der Waals surface area contributed by atoms with E-state index >= 15 is 0 Å². The molecule has 0 amide bonds. The molecule has 2 saturated heterocycles. The summed E-state index contributed by atoms with van der Waals surface area (Å²) in [5, 5.41) is 0. The molecule has 3 nitrogen and oxygen atoms in total. The van der Waals surface area contributed by atoms with Gasteiger partial charge in [-0.2, -0.15) is 0 Å². The number of piperidine rings is 2. The Morgan fingerprint density at radius 3 is 2.33 bits per heavy atom. The molecule has 2 fully saturated rings. The number of rotatable bonds is 3. The van der Waals surface area contributed by atoms with Crippen LogP contribution in [0.4, 0.5) is 0 Å². The SMILES string of the molecule is CCN1CCC(CN)(N2CCC(C)CC2C)CC1. The van der Waals surface area contributed by atoms with Gasteiger partial charge in [-0.25, -0.2) is 0 Å². The molecule has 2 rings (SSSR count). The topological polar surface area (TPSA) is 32.5 Å². The minimum Gasteiger partial charge on any atom is -0.329 e. The van der Waals surface area contributed by atoms with E-state index < -0.39 is 0 Å². The Morgan fingerprint density at radius 1 is 1.17 bits per heavy atom. The number of hydrogen-bond donors (Lipinski definition) is 1. The predicted molar refractivity (Wildman–Crippen MR) is 77.7 cm³/mol. The zero-order valence-electron chi connectivity index (χ0n) is 12.5. The van der Waals surface area contributed by atoms with Gasteiger partial charge in [0, 0.05) is 18.1 Å². The van der Waals surface area contributed by atoms with E-state index in [0.29, 0.717) is 11.6 Å². The highest BCUT2D eigenvalue weighted by atomic mass is 15.3. The van der Waals surface area contributed by atoms with Gasteiger partial charge in [-0.05, 0) is 64.7 Å². The highest BCUT2D eigenvalue weighted by molar-refractivity contribution is 4.99. The molecule has 0 spiro atoms. The van der Waals surface area contributed by atoms with Crippen molar-refractivity contribution in [2.45, 2.75) is 58.0 Å². The van der Waals surface area contributed by atoms with Crippen LogP contribution in [0.2, 0.25) is 0 Å². The first kappa shape index (κ1) is 14.3. The van der Waals surface area contributed by atoms with Crippen molar-refractivity contribution in [2.24, 2.45) is 11.7 Å². The molecular weight excluding hydrogens is 222 g/mol. The lowest BCUT2D eigenvalue weighted by Gasteiger charge is -2.53. The summed E-state index contributed by atoms with van der Waals surface area (Å²) >= 11 is 0. The van der Waals surface area contributed by atoms with Crippen LogP contribution in [-0.2, 0) is 0 Å². The van der Waals surface area contributed by atoms with Crippen LogP contribution in [0.15, 0.2) is 0 Å². The molecule has 0 bridgehead atoms. The molecule has 0 aliphatic carbocycles. The van der Waals surface area contributed by atoms with Crippen molar-refractivity contribution in [3.05, 3.63) is 0 Å². The van der Waals surface area contributed by atoms with E-state index in [9.17, 15) is 0 Å². The van der Waals surface area contributed by atoms with Crippen molar-refractivity contribution in [1.29, 1.82) is 0 Å². The van der Waals surface area contributed by atoms with Crippen LogP contribution >= 0.6 is 0 Å². The zero-order valence-corrected chi connectivity index (χ0v) is 12.5. The van der Waals surface area contributed by atoms with Gasteiger partial charge in [-0.1, -0.05) is 13.8 Å². The lowest BCUT2D eigenvalue weighted by Crippen LogP contribution is -2.63. The van der Waals surface area contributed by atoms with Gasteiger partial charge in [-0.3, -0.25) is 4.90 Å². The molecule has 0 radical (unpaired) electrons. The van der Waals surface area contributed by atoms with Crippen molar-refractivity contribution >= 4 is 0 Å². The van der Waals surface area contributed by atoms with E-state index in [2.05, 4.69) is 30.6 Å². The van der Waals surface area contributed by atoms with Crippen LogP contribution in [-0.4, -0.2) is 54.1 Å². The second-order valence-corrected chi connectivity index (χ2v) is 6.53. The second-order valence-electron chi connectivity index (χ2n) is 6.53. The number of likely N-dealkylation sites (tertiary alicyclic amines) is 2. The number of nitrogens with zero attached hydrogens (tertiary/aromatic N) is 2. The van der Waals surface area contributed by atoms with Crippen LogP contribution in [0, 0.1) is 5.92 Å². The summed E-state index contributed by atoms with van der Waals surface area (Å²) in [5.74, 6) is 0.891. The third-order valence-corrected chi connectivity index (χ3v) is 5.36. The lowest BCUT2D eigenvalue weighted by atomic mass is 9.81. The summed E-state index contributed by atoms with van der Waals surface area (Å²) in [7, 11) is 0. The van der Waals surface area contributed by atoms with E-state index in [1.807, 2.05) is 0 Å². The Morgan fingerprint density at radius 2 is 1.83 bits per heavy atom. The summed E-state index contributed by atoms with van der Waals surface area (Å²) in [4.78, 5) is 5.31. The minimum atomic E-state index is 0.297. The molecule has 0 aromatic rings. The van der Waals surface area contributed by atoms with E-state index in [-0.39, 0.29) is 0 Å². The molecule has 0 aromatic carbocycles. The van der Waals surface area contributed by atoms with E-state index in [1.165, 1.54) is 51.9 Å². The van der Waals surface area contributed by atoms with Gasteiger partial charge in [0.25, 0.3) is 0 Å². The molecule has 2 heterocycles. The summed E-state index contributed by atoms with van der Waals surface area (Å²) < 4.78 is 0. The van der Waals surface area contributed by atoms with Crippen molar-refractivity contribution in [3.8, 4) is 0 Å².